The quantitative estimate of drug-likeness (QED) is 0.549. The van der Waals surface area contributed by atoms with E-state index in [1.54, 1.807) is 0 Å². The minimum absolute atomic E-state index is 0.0946. The summed E-state index contributed by atoms with van der Waals surface area (Å²) in [5.74, 6) is -0.0946. The highest BCUT2D eigenvalue weighted by Crippen LogP contribution is 2.12. The van der Waals surface area contributed by atoms with E-state index in [2.05, 4.69) is 5.32 Å². The SMILES string of the molecule is CCC(O)(CC)CNC(=O)CCN. The van der Waals surface area contributed by atoms with Gasteiger partial charge in [-0.05, 0) is 12.8 Å². The van der Waals surface area contributed by atoms with Gasteiger partial charge in [0.25, 0.3) is 0 Å². The van der Waals surface area contributed by atoms with Crippen LogP contribution in [0.15, 0.2) is 0 Å². The molecule has 0 aromatic rings. The summed E-state index contributed by atoms with van der Waals surface area (Å²) in [5.41, 5.74) is 4.45. The Kier molecular flexibility index (Phi) is 5.66. The summed E-state index contributed by atoms with van der Waals surface area (Å²) < 4.78 is 0. The highest BCUT2D eigenvalue weighted by Gasteiger charge is 2.22. The number of nitrogens with two attached hydrogens (primary N) is 1. The van der Waals surface area contributed by atoms with Crippen molar-refractivity contribution in [1.82, 2.24) is 5.32 Å². The summed E-state index contributed by atoms with van der Waals surface area (Å²) in [6.07, 6.45) is 1.61. The molecule has 4 heteroatoms. The van der Waals surface area contributed by atoms with Gasteiger partial charge >= 0.3 is 0 Å². The number of amides is 1. The summed E-state index contributed by atoms with van der Waals surface area (Å²) in [4.78, 5) is 11.0. The van der Waals surface area contributed by atoms with Crippen molar-refractivity contribution in [2.45, 2.75) is 38.7 Å². The van der Waals surface area contributed by atoms with Gasteiger partial charge in [-0.25, -0.2) is 0 Å². The molecule has 0 atom stereocenters. The van der Waals surface area contributed by atoms with Crippen molar-refractivity contribution < 1.29 is 9.90 Å². The zero-order chi connectivity index (χ0) is 10.3. The van der Waals surface area contributed by atoms with E-state index in [0.29, 0.717) is 32.4 Å². The first-order valence-electron chi connectivity index (χ1n) is 4.77. The van der Waals surface area contributed by atoms with E-state index in [9.17, 15) is 9.90 Å². The molecule has 0 aliphatic heterocycles. The summed E-state index contributed by atoms with van der Waals surface area (Å²) >= 11 is 0. The first-order chi connectivity index (χ1) is 6.08. The monoisotopic (exact) mass is 188 g/mol. The largest absolute Gasteiger partial charge is 0.388 e. The van der Waals surface area contributed by atoms with Crippen LogP contribution < -0.4 is 11.1 Å². The van der Waals surface area contributed by atoms with Crippen molar-refractivity contribution in [3.8, 4) is 0 Å². The van der Waals surface area contributed by atoms with Crippen LogP contribution in [0.3, 0.4) is 0 Å². The minimum Gasteiger partial charge on any atom is -0.388 e. The smallest absolute Gasteiger partial charge is 0.221 e. The summed E-state index contributed by atoms with van der Waals surface area (Å²) in [7, 11) is 0. The second kappa shape index (κ2) is 5.94. The van der Waals surface area contributed by atoms with Gasteiger partial charge < -0.3 is 16.2 Å². The van der Waals surface area contributed by atoms with Crippen molar-refractivity contribution in [2.24, 2.45) is 5.73 Å². The van der Waals surface area contributed by atoms with Gasteiger partial charge in [0.05, 0.1) is 5.60 Å². The van der Waals surface area contributed by atoms with E-state index in [1.807, 2.05) is 13.8 Å². The van der Waals surface area contributed by atoms with Gasteiger partial charge in [0, 0.05) is 19.5 Å². The van der Waals surface area contributed by atoms with Crippen molar-refractivity contribution in [1.29, 1.82) is 0 Å². The fraction of sp³-hybridized carbons (Fsp3) is 0.889. The molecular weight excluding hydrogens is 168 g/mol. The molecule has 1 amide bonds. The lowest BCUT2D eigenvalue weighted by Gasteiger charge is -2.25. The predicted molar refractivity (Wildman–Crippen MR) is 52.2 cm³/mol. The molecule has 13 heavy (non-hydrogen) atoms. The third-order valence-corrected chi connectivity index (χ3v) is 2.30. The molecule has 0 heterocycles. The number of carbonyl (C=O) groups is 1. The molecule has 0 spiro atoms. The summed E-state index contributed by atoms with van der Waals surface area (Å²) in [6, 6.07) is 0. The highest BCUT2D eigenvalue weighted by atomic mass is 16.3. The molecule has 0 unspecified atom stereocenters. The van der Waals surface area contributed by atoms with E-state index in [1.165, 1.54) is 0 Å². The Morgan fingerprint density at radius 1 is 1.46 bits per heavy atom. The Balaban J connectivity index is 3.78. The first-order valence-corrected chi connectivity index (χ1v) is 4.77. The molecule has 4 nitrogen and oxygen atoms in total. The normalized spacial score (nSPS) is 11.4. The summed E-state index contributed by atoms with van der Waals surface area (Å²) in [5, 5.41) is 12.5. The van der Waals surface area contributed by atoms with Gasteiger partial charge in [-0.2, -0.15) is 0 Å². The van der Waals surface area contributed by atoms with E-state index in [4.69, 9.17) is 5.73 Å². The van der Waals surface area contributed by atoms with Gasteiger partial charge in [0.15, 0.2) is 0 Å². The van der Waals surface area contributed by atoms with E-state index in [-0.39, 0.29) is 5.91 Å². The molecule has 0 fully saturated rings. The molecule has 0 saturated carbocycles. The Labute approximate surface area is 79.5 Å². The Hall–Kier alpha value is -0.610. The van der Waals surface area contributed by atoms with Gasteiger partial charge in [0.1, 0.15) is 0 Å². The maximum atomic E-state index is 11.0. The van der Waals surface area contributed by atoms with Crippen LogP contribution in [-0.4, -0.2) is 29.7 Å². The lowest BCUT2D eigenvalue weighted by atomic mass is 9.97. The fourth-order valence-corrected chi connectivity index (χ4v) is 0.983. The number of nitrogens with one attached hydrogen (secondary N) is 1. The number of carbonyl (C=O) groups excluding carboxylic acids is 1. The maximum absolute atomic E-state index is 11.0. The van der Waals surface area contributed by atoms with Crippen LogP contribution in [0.5, 0.6) is 0 Å². The molecule has 0 aliphatic rings. The van der Waals surface area contributed by atoms with Crippen molar-refractivity contribution in [3.63, 3.8) is 0 Å². The first kappa shape index (κ1) is 12.4. The number of rotatable bonds is 6. The fourth-order valence-electron chi connectivity index (χ4n) is 0.983. The van der Waals surface area contributed by atoms with Gasteiger partial charge in [-0.3, -0.25) is 4.79 Å². The van der Waals surface area contributed by atoms with Gasteiger partial charge in [0.2, 0.25) is 5.91 Å². The van der Waals surface area contributed by atoms with Crippen LogP contribution in [0.4, 0.5) is 0 Å². The summed E-state index contributed by atoms with van der Waals surface area (Å²) in [6.45, 7) is 4.47. The van der Waals surface area contributed by atoms with Crippen LogP contribution in [-0.2, 0) is 4.79 Å². The highest BCUT2D eigenvalue weighted by molar-refractivity contribution is 5.76. The van der Waals surface area contributed by atoms with E-state index in [0.717, 1.165) is 0 Å². The average molecular weight is 188 g/mol. The number of hydrogen-bond donors (Lipinski definition) is 3. The third kappa shape index (κ3) is 4.85. The number of hydrogen-bond acceptors (Lipinski definition) is 3. The van der Waals surface area contributed by atoms with Crippen LogP contribution in [0.2, 0.25) is 0 Å². The molecule has 0 bridgehead atoms. The van der Waals surface area contributed by atoms with Crippen molar-refractivity contribution >= 4 is 5.91 Å². The van der Waals surface area contributed by atoms with Crippen LogP contribution in [0.25, 0.3) is 0 Å². The Bertz CT molecular complexity index is 156. The molecule has 0 aromatic carbocycles. The zero-order valence-corrected chi connectivity index (χ0v) is 8.47. The standard InChI is InChI=1S/C9H20N2O2/c1-3-9(13,4-2)7-11-8(12)5-6-10/h13H,3-7,10H2,1-2H3,(H,11,12). The lowest BCUT2D eigenvalue weighted by Crippen LogP contribution is -2.42. The third-order valence-electron chi connectivity index (χ3n) is 2.30. The molecule has 0 radical (unpaired) electrons. The second-order valence-corrected chi connectivity index (χ2v) is 3.25. The Morgan fingerprint density at radius 2 is 2.00 bits per heavy atom. The number of aliphatic hydroxyl groups is 1. The average Bonchev–Trinajstić information content (AvgIpc) is 2.15. The van der Waals surface area contributed by atoms with Crippen LogP contribution in [0.1, 0.15) is 33.1 Å². The minimum atomic E-state index is -0.760. The lowest BCUT2D eigenvalue weighted by molar-refractivity contribution is -0.122. The topological polar surface area (TPSA) is 75.3 Å². The van der Waals surface area contributed by atoms with Crippen LogP contribution in [0, 0.1) is 0 Å². The molecule has 0 aliphatic carbocycles. The molecule has 0 rings (SSSR count). The molecule has 0 aromatic heterocycles. The zero-order valence-electron chi connectivity index (χ0n) is 8.47. The van der Waals surface area contributed by atoms with Crippen LogP contribution >= 0.6 is 0 Å². The molecule has 78 valence electrons. The van der Waals surface area contributed by atoms with Crippen molar-refractivity contribution in [3.05, 3.63) is 0 Å². The maximum Gasteiger partial charge on any atom is 0.221 e. The Morgan fingerprint density at radius 3 is 2.38 bits per heavy atom. The predicted octanol–water partition coefficient (Wildman–Crippen LogP) is 0.00250. The second-order valence-electron chi connectivity index (χ2n) is 3.25. The van der Waals surface area contributed by atoms with E-state index >= 15 is 0 Å². The molecule has 0 saturated heterocycles. The van der Waals surface area contributed by atoms with Gasteiger partial charge in [-0.1, -0.05) is 13.8 Å². The van der Waals surface area contributed by atoms with E-state index < -0.39 is 5.60 Å². The molecular formula is C9H20N2O2. The molecule has 4 N–H and O–H groups in total. The van der Waals surface area contributed by atoms with Crippen molar-refractivity contribution in [2.75, 3.05) is 13.1 Å². The van der Waals surface area contributed by atoms with Gasteiger partial charge in [-0.15, -0.1) is 0 Å².